The van der Waals surface area contributed by atoms with Crippen LogP contribution in [0.4, 0.5) is 5.69 Å². The maximum Gasteiger partial charge on any atom is 0.334 e. The van der Waals surface area contributed by atoms with Gasteiger partial charge in [-0.25, -0.2) is 4.79 Å². The van der Waals surface area contributed by atoms with Crippen LogP contribution in [0.1, 0.15) is 19.4 Å². The van der Waals surface area contributed by atoms with E-state index in [1.165, 1.54) is 0 Å². The summed E-state index contributed by atoms with van der Waals surface area (Å²) in [6, 6.07) is 7.96. The standard InChI is InChI=1S/C14H21NO3/c1-4-15(10-13(14(16)17)18-5-2)12-9-7-6-8-11(12)3/h6-9,13H,4-5,10H2,1-3H3,(H,16,17). The van der Waals surface area contributed by atoms with Crippen LogP contribution in [0.3, 0.4) is 0 Å². The number of carbonyl (C=O) groups is 1. The summed E-state index contributed by atoms with van der Waals surface area (Å²) in [7, 11) is 0. The van der Waals surface area contributed by atoms with Crippen molar-refractivity contribution in [2.75, 3.05) is 24.6 Å². The van der Waals surface area contributed by atoms with Crippen LogP contribution in [0.2, 0.25) is 0 Å². The molecular formula is C14H21NO3. The molecule has 0 spiro atoms. The molecule has 1 unspecified atom stereocenters. The van der Waals surface area contributed by atoms with Crippen LogP contribution in [-0.2, 0) is 9.53 Å². The minimum atomic E-state index is -0.913. The van der Waals surface area contributed by atoms with E-state index in [0.29, 0.717) is 13.2 Å². The zero-order chi connectivity index (χ0) is 13.5. The third-order valence-electron chi connectivity index (χ3n) is 2.87. The van der Waals surface area contributed by atoms with E-state index >= 15 is 0 Å². The molecule has 1 aromatic rings. The maximum atomic E-state index is 11.1. The number of nitrogens with zero attached hydrogens (tertiary/aromatic N) is 1. The molecule has 100 valence electrons. The molecule has 1 N–H and O–H groups in total. The van der Waals surface area contributed by atoms with E-state index in [1.807, 2.05) is 43.0 Å². The van der Waals surface area contributed by atoms with Gasteiger partial charge in [-0.1, -0.05) is 18.2 Å². The first-order chi connectivity index (χ1) is 8.60. The van der Waals surface area contributed by atoms with Gasteiger partial charge in [0.15, 0.2) is 6.10 Å². The molecule has 0 radical (unpaired) electrons. The number of anilines is 1. The molecule has 0 heterocycles. The van der Waals surface area contributed by atoms with Crippen molar-refractivity contribution < 1.29 is 14.6 Å². The normalized spacial score (nSPS) is 12.2. The lowest BCUT2D eigenvalue weighted by Gasteiger charge is -2.27. The second kappa shape index (κ2) is 7.01. The first-order valence-electron chi connectivity index (χ1n) is 6.25. The number of aliphatic carboxylic acids is 1. The summed E-state index contributed by atoms with van der Waals surface area (Å²) < 4.78 is 5.26. The number of carboxylic acids is 1. The van der Waals surface area contributed by atoms with Gasteiger partial charge in [0.1, 0.15) is 0 Å². The molecule has 0 saturated heterocycles. The molecule has 1 aromatic carbocycles. The minimum absolute atomic E-state index is 0.366. The molecular weight excluding hydrogens is 230 g/mol. The van der Waals surface area contributed by atoms with Crippen LogP contribution < -0.4 is 4.90 Å². The largest absolute Gasteiger partial charge is 0.479 e. The number of carboxylic acid groups (broad SMARTS) is 1. The Kier molecular flexibility index (Phi) is 5.65. The van der Waals surface area contributed by atoms with E-state index < -0.39 is 12.1 Å². The fraction of sp³-hybridized carbons (Fsp3) is 0.500. The van der Waals surface area contributed by atoms with Crippen molar-refractivity contribution in [3.05, 3.63) is 29.8 Å². The molecule has 0 amide bonds. The van der Waals surface area contributed by atoms with Gasteiger partial charge in [0, 0.05) is 18.8 Å². The first kappa shape index (κ1) is 14.5. The average molecular weight is 251 g/mol. The molecule has 0 aliphatic rings. The summed E-state index contributed by atoms with van der Waals surface area (Å²) in [5.74, 6) is -0.913. The van der Waals surface area contributed by atoms with Crippen molar-refractivity contribution in [3.63, 3.8) is 0 Å². The van der Waals surface area contributed by atoms with Gasteiger partial charge in [0.05, 0.1) is 6.54 Å². The number of para-hydroxylation sites is 1. The van der Waals surface area contributed by atoms with Crippen LogP contribution in [0.5, 0.6) is 0 Å². The lowest BCUT2D eigenvalue weighted by molar-refractivity contribution is -0.149. The SMILES string of the molecule is CCOC(CN(CC)c1ccccc1C)C(=O)O. The number of ether oxygens (including phenoxy) is 1. The third-order valence-corrected chi connectivity index (χ3v) is 2.87. The molecule has 0 bridgehead atoms. The predicted octanol–water partition coefficient (Wildman–Crippen LogP) is 2.31. The number of benzene rings is 1. The molecule has 1 rings (SSSR count). The number of rotatable bonds is 7. The van der Waals surface area contributed by atoms with Crippen molar-refractivity contribution in [2.24, 2.45) is 0 Å². The average Bonchev–Trinajstić information content (AvgIpc) is 2.35. The molecule has 0 fully saturated rings. The highest BCUT2D eigenvalue weighted by Crippen LogP contribution is 2.19. The molecule has 0 aliphatic carbocycles. The van der Waals surface area contributed by atoms with Crippen molar-refractivity contribution in [3.8, 4) is 0 Å². The predicted molar refractivity (Wildman–Crippen MR) is 72.1 cm³/mol. The van der Waals surface area contributed by atoms with Gasteiger partial charge in [-0.15, -0.1) is 0 Å². The van der Waals surface area contributed by atoms with Gasteiger partial charge in [-0.05, 0) is 32.4 Å². The summed E-state index contributed by atoms with van der Waals surface area (Å²) in [6.45, 7) is 7.36. The molecule has 18 heavy (non-hydrogen) atoms. The summed E-state index contributed by atoms with van der Waals surface area (Å²) in [5, 5.41) is 9.11. The lowest BCUT2D eigenvalue weighted by atomic mass is 10.1. The van der Waals surface area contributed by atoms with Gasteiger partial charge >= 0.3 is 5.97 Å². The van der Waals surface area contributed by atoms with Crippen LogP contribution in [0.15, 0.2) is 24.3 Å². The van der Waals surface area contributed by atoms with Crippen molar-refractivity contribution in [1.29, 1.82) is 0 Å². The highest BCUT2D eigenvalue weighted by atomic mass is 16.5. The smallest absolute Gasteiger partial charge is 0.334 e. The van der Waals surface area contributed by atoms with Gasteiger partial charge in [-0.2, -0.15) is 0 Å². The summed E-state index contributed by atoms with van der Waals surface area (Å²) >= 11 is 0. The van der Waals surface area contributed by atoms with Crippen LogP contribution in [-0.4, -0.2) is 36.9 Å². The Morgan fingerprint density at radius 3 is 2.56 bits per heavy atom. The zero-order valence-electron chi connectivity index (χ0n) is 11.2. The van der Waals surface area contributed by atoms with Crippen molar-refractivity contribution >= 4 is 11.7 Å². The fourth-order valence-corrected chi connectivity index (χ4v) is 1.92. The Labute approximate surface area is 108 Å². The van der Waals surface area contributed by atoms with E-state index in [-0.39, 0.29) is 0 Å². The van der Waals surface area contributed by atoms with E-state index in [1.54, 1.807) is 6.92 Å². The quantitative estimate of drug-likeness (QED) is 0.808. The van der Waals surface area contributed by atoms with Crippen LogP contribution in [0, 0.1) is 6.92 Å². The van der Waals surface area contributed by atoms with Gasteiger partial charge in [0.2, 0.25) is 0 Å². The second-order valence-electron chi connectivity index (χ2n) is 4.11. The van der Waals surface area contributed by atoms with Crippen molar-refractivity contribution in [1.82, 2.24) is 0 Å². The number of hydrogen-bond acceptors (Lipinski definition) is 3. The first-order valence-corrected chi connectivity index (χ1v) is 6.25. The Balaban J connectivity index is 2.84. The molecule has 0 saturated carbocycles. The summed E-state index contributed by atoms with van der Waals surface area (Å²) in [5.41, 5.74) is 2.20. The number of hydrogen-bond donors (Lipinski definition) is 1. The highest BCUT2D eigenvalue weighted by Gasteiger charge is 2.21. The Bertz CT molecular complexity index is 392. The Morgan fingerprint density at radius 2 is 2.06 bits per heavy atom. The summed E-state index contributed by atoms with van der Waals surface area (Å²) in [4.78, 5) is 13.1. The fourth-order valence-electron chi connectivity index (χ4n) is 1.92. The monoisotopic (exact) mass is 251 g/mol. The van der Waals surface area contributed by atoms with E-state index in [9.17, 15) is 4.79 Å². The van der Waals surface area contributed by atoms with Crippen molar-refractivity contribution in [2.45, 2.75) is 26.9 Å². The topological polar surface area (TPSA) is 49.8 Å². The van der Waals surface area contributed by atoms with Gasteiger partial charge in [0.25, 0.3) is 0 Å². The number of likely N-dealkylation sites (N-methyl/N-ethyl adjacent to an activating group) is 1. The highest BCUT2D eigenvalue weighted by molar-refractivity contribution is 5.73. The zero-order valence-corrected chi connectivity index (χ0v) is 11.2. The second-order valence-corrected chi connectivity index (χ2v) is 4.11. The Hall–Kier alpha value is -1.55. The molecule has 0 aromatic heterocycles. The van der Waals surface area contributed by atoms with E-state index in [0.717, 1.165) is 17.8 Å². The third kappa shape index (κ3) is 3.74. The molecule has 4 heteroatoms. The molecule has 4 nitrogen and oxygen atoms in total. The maximum absolute atomic E-state index is 11.1. The summed E-state index contributed by atoms with van der Waals surface area (Å²) in [6.07, 6.45) is -0.783. The lowest BCUT2D eigenvalue weighted by Crippen LogP contribution is -2.39. The van der Waals surface area contributed by atoms with Gasteiger partial charge in [-0.3, -0.25) is 0 Å². The van der Waals surface area contributed by atoms with Gasteiger partial charge < -0.3 is 14.7 Å². The molecule has 0 aliphatic heterocycles. The van der Waals surface area contributed by atoms with E-state index in [2.05, 4.69) is 0 Å². The van der Waals surface area contributed by atoms with Crippen LogP contribution in [0.25, 0.3) is 0 Å². The Morgan fingerprint density at radius 1 is 1.39 bits per heavy atom. The number of aryl methyl sites for hydroxylation is 1. The molecule has 1 atom stereocenters. The minimum Gasteiger partial charge on any atom is -0.479 e. The van der Waals surface area contributed by atoms with E-state index in [4.69, 9.17) is 9.84 Å². The van der Waals surface area contributed by atoms with Crippen LogP contribution >= 0.6 is 0 Å².